The Balaban J connectivity index is 2.57. The first kappa shape index (κ1) is 15.9. The normalized spacial score (nSPS) is 11.8. The Morgan fingerprint density at radius 2 is 1.85 bits per heavy atom. The zero-order chi connectivity index (χ0) is 15.3. The van der Waals surface area contributed by atoms with Crippen molar-refractivity contribution in [2.45, 2.75) is 39.7 Å². The summed E-state index contributed by atoms with van der Waals surface area (Å²) in [7, 11) is 0. The highest BCUT2D eigenvalue weighted by Gasteiger charge is 2.16. The van der Waals surface area contributed by atoms with Crippen molar-refractivity contribution in [3.05, 3.63) is 34.9 Å². The number of primary amides is 1. The number of ether oxygens (including phenoxy) is 1. The Morgan fingerprint density at radius 3 is 2.45 bits per heavy atom. The van der Waals surface area contributed by atoms with E-state index in [1.54, 1.807) is 6.07 Å². The molecule has 0 saturated carbocycles. The minimum atomic E-state index is -0.974. The van der Waals surface area contributed by atoms with Crippen LogP contribution in [0.1, 0.15) is 41.3 Å². The summed E-state index contributed by atoms with van der Waals surface area (Å²) in [4.78, 5) is 34.3. The standard InChI is InChI=1S/C15H19NO4/c1-9-4-5-10(2)12(8-9)13(17)6-7-14(18)20-11(3)15(16)19/h4-5,8,11H,6-7H2,1-3H3,(H2,16,19)/t11-/m1/s1. The molecule has 5 nitrogen and oxygen atoms in total. The Morgan fingerprint density at radius 1 is 1.20 bits per heavy atom. The van der Waals surface area contributed by atoms with Crippen molar-refractivity contribution in [3.63, 3.8) is 0 Å². The van der Waals surface area contributed by atoms with Gasteiger partial charge in [0.05, 0.1) is 6.42 Å². The molecule has 1 amide bonds. The highest BCUT2D eigenvalue weighted by molar-refractivity contribution is 5.99. The van der Waals surface area contributed by atoms with Crippen molar-refractivity contribution in [3.8, 4) is 0 Å². The van der Waals surface area contributed by atoms with E-state index in [9.17, 15) is 14.4 Å². The lowest BCUT2D eigenvalue weighted by Crippen LogP contribution is -2.30. The van der Waals surface area contributed by atoms with Crippen LogP contribution in [0.5, 0.6) is 0 Å². The van der Waals surface area contributed by atoms with Gasteiger partial charge in [0.15, 0.2) is 11.9 Å². The fourth-order valence-electron chi connectivity index (χ4n) is 1.70. The van der Waals surface area contributed by atoms with Gasteiger partial charge in [0.25, 0.3) is 5.91 Å². The quantitative estimate of drug-likeness (QED) is 0.633. The number of amides is 1. The summed E-state index contributed by atoms with van der Waals surface area (Å²) in [6.45, 7) is 5.14. The molecule has 0 aromatic heterocycles. The Bertz CT molecular complexity index is 537. The summed E-state index contributed by atoms with van der Waals surface area (Å²) in [6.07, 6.45) is -0.989. The highest BCUT2D eigenvalue weighted by Crippen LogP contribution is 2.14. The predicted octanol–water partition coefficient (Wildman–Crippen LogP) is 1.68. The van der Waals surface area contributed by atoms with E-state index in [0.717, 1.165) is 11.1 Å². The van der Waals surface area contributed by atoms with Crippen LogP contribution in [0.15, 0.2) is 18.2 Å². The molecule has 0 aliphatic rings. The van der Waals surface area contributed by atoms with Gasteiger partial charge in [-0.15, -0.1) is 0 Å². The third-order valence-electron chi connectivity index (χ3n) is 2.96. The molecule has 1 aromatic rings. The van der Waals surface area contributed by atoms with E-state index in [4.69, 9.17) is 10.5 Å². The van der Waals surface area contributed by atoms with Crippen LogP contribution in [0.4, 0.5) is 0 Å². The summed E-state index contributed by atoms with van der Waals surface area (Å²) in [6, 6.07) is 5.60. The number of ketones is 1. The first-order valence-corrected chi connectivity index (χ1v) is 6.40. The van der Waals surface area contributed by atoms with E-state index in [-0.39, 0.29) is 18.6 Å². The lowest BCUT2D eigenvalue weighted by atomic mass is 9.99. The molecule has 0 bridgehead atoms. The van der Waals surface area contributed by atoms with Crippen LogP contribution < -0.4 is 5.73 Å². The average Bonchev–Trinajstić information content (AvgIpc) is 2.38. The molecule has 2 N–H and O–H groups in total. The number of carbonyl (C=O) groups excluding carboxylic acids is 3. The van der Waals surface area contributed by atoms with Gasteiger partial charge in [-0.25, -0.2) is 0 Å². The summed E-state index contributed by atoms with van der Waals surface area (Å²) in [5, 5.41) is 0. The zero-order valence-electron chi connectivity index (χ0n) is 11.9. The largest absolute Gasteiger partial charge is 0.453 e. The first-order chi connectivity index (χ1) is 9.31. The maximum Gasteiger partial charge on any atom is 0.307 e. The lowest BCUT2D eigenvalue weighted by Gasteiger charge is -2.10. The van der Waals surface area contributed by atoms with Crippen LogP contribution in [0.3, 0.4) is 0 Å². The second kappa shape index (κ2) is 6.84. The molecule has 20 heavy (non-hydrogen) atoms. The van der Waals surface area contributed by atoms with Gasteiger partial charge < -0.3 is 10.5 Å². The molecule has 0 saturated heterocycles. The van der Waals surface area contributed by atoms with Crippen molar-refractivity contribution in [1.82, 2.24) is 0 Å². The molecule has 0 aliphatic carbocycles. The Hall–Kier alpha value is -2.17. The van der Waals surface area contributed by atoms with E-state index >= 15 is 0 Å². The third-order valence-corrected chi connectivity index (χ3v) is 2.96. The predicted molar refractivity (Wildman–Crippen MR) is 74.2 cm³/mol. The highest BCUT2D eigenvalue weighted by atomic mass is 16.5. The number of hydrogen-bond donors (Lipinski definition) is 1. The lowest BCUT2D eigenvalue weighted by molar-refractivity contribution is -0.153. The maximum absolute atomic E-state index is 12.0. The molecule has 0 heterocycles. The second-order valence-corrected chi connectivity index (χ2v) is 4.78. The second-order valence-electron chi connectivity index (χ2n) is 4.78. The Labute approximate surface area is 118 Å². The smallest absolute Gasteiger partial charge is 0.307 e. The van der Waals surface area contributed by atoms with Crippen LogP contribution >= 0.6 is 0 Å². The first-order valence-electron chi connectivity index (χ1n) is 6.40. The topological polar surface area (TPSA) is 86.5 Å². The molecule has 1 atom stereocenters. The van der Waals surface area contributed by atoms with Gasteiger partial charge in [-0.05, 0) is 32.4 Å². The van der Waals surface area contributed by atoms with Crippen molar-refractivity contribution >= 4 is 17.7 Å². The van der Waals surface area contributed by atoms with Crippen molar-refractivity contribution in [1.29, 1.82) is 0 Å². The number of hydrogen-bond acceptors (Lipinski definition) is 4. The number of Topliss-reactive ketones (excluding diaryl/α,β-unsaturated/α-hetero) is 1. The summed E-state index contributed by atoms with van der Waals surface area (Å²) < 4.78 is 4.79. The number of rotatable bonds is 6. The minimum absolute atomic E-state index is 0.0502. The van der Waals surface area contributed by atoms with Gasteiger partial charge in [0.2, 0.25) is 0 Å². The maximum atomic E-state index is 12.0. The molecule has 0 aliphatic heterocycles. The van der Waals surface area contributed by atoms with Crippen LogP contribution in [-0.4, -0.2) is 23.8 Å². The number of benzene rings is 1. The van der Waals surface area contributed by atoms with E-state index in [2.05, 4.69) is 0 Å². The van der Waals surface area contributed by atoms with E-state index in [1.165, 1.54) is 6.92 Å². The fraction of sp³-hybridized carbons (Fsp3) is 0.400. The number of carbonyl (C=O) groups is 3. The van der Waals surface area contributed by atoms with E-state index in [0.29, 0.717) is 5.56 Å². The monoisotopic (exact) mass is 277 g/mol. The zero-order valence-corrected chi connectivity index (χ0v) is 11.9. The molecule has 0 spiro atoms. The Kier molecular flexibility index (Phi) is 5.43. The van der Waals surface area contributed by atoms with E-state index in [1.807, 2.05) is 26.0 Å². The molecule has 5 heteroatoms. The summed E-state index contributed by atoms with van der Waals surface area (Å²) in [5.41, 5.74) is 7.46. The summed E-state index contributed by atoms with van der Waals surface area (Å²) >= 11 is 0. The SMILES string of the molecule is Cc1ccc(C)c(C(=O)CCC(=O)O[C@H](C)C(N)=O)c1. The van der Waals surface area contributed by atoms with Crippen LogP contribution in [0.25, 0.3) is 0 Å². The van der Waals surface area contributed by atoms with Gasteiger partial charge in [-0.1, -0.05) is 17.7 Å². The molecule has 1 rings (SSSR count). The minimum Gasteiger partial charge on any atom is -0.453 e. The van der Waals surface area contributed by atoms with Gasteiger partial charge in [-0.2, -0.15) is 0 Å². The van der Waals surface area contributed by atoms with Crippen LogP contribution in [0.2, 0.25) is 0 Å². The average molecular weight is 277 g/mol. The van der Waals surface area contributed by atoms with Crippen molar-refractivity contribution in [2.75, 3.05) is 0 Å². The molecule has 108 valence electrons. The number of esters is 1. The van der Waals surface area contributed by atoms with Gasteiger partial charge in [-0.3, -0.25) is 14.4 Å². The fourth-order valence-corrected chi connectivity index (χ4v) is 1.70. The van der Waals surface area contributed by atoms with E-state index < -0.39 is 18.0 Å². The van der Waals surface area contributed by atoms with Crippen molar-refractivity contribution < 1.29 is 19.1 Å². The van der Waals surface area contributed by atoms with Crippen LogP contribution in [-0.2, 0) is 14.3 Å². The molecule has 0 fully saturated rings. The molecule has 0 radical (unpaired) electrons. The van der Waals surface area contributed by atoms with Gasteiger partial charge in [0.1, 0.15) is 0 Å². The summed E-state index contributed by atoms with van der Waals surface area (Å²) in [5.74, 6) is -1.43. The molecule has 0 unspecified atom stereocenters. The molecular formula is C15H19NO4. The number of aryl methyl sites for hydroxylation is 2. The molecular weight excluding hydrogens is 258 g/mol. The van der Waals surface area contributed by atoms with Gasteiger partial charge in [0, 0.05) is 12.0 Å². The van der Waals surface area contributed by atoms with Gasteiger partial charge >= 0.3 is 5.97 Å². The molecule has 1 aromatic carbocycles. The van der Waals surface area contributed by atoms with Crippen LogP contribution in [0, 0.1) is 13.8 Å². The van der Waals surface area contributed by atoms with Crippen molar-refractivity contribution in [2.24, 2.45) is 5.73 Å². The third kappa shape index (κ3) is 4.50. The number of nitrogens with two attached hydrogens (primary N) is 1.